The molecule has 29 heavy (non-hydrogen) atoms. The van der Waals surface area contributed by atoms with Gasteiger partial charge in [-0.15, -0.1) is 10.2 Å². The molecule has 0 unspecified atom stereocenters. The van der Waals surface area contributed by atoms with Crippen LogP contribution in [0.15, 0.2) is 54.9 Å². The van der Waals surface area contributed by atoms with E-state index in [2.05, 4.69) is 25.4 Å². The molecular weight excluding hydrogens is 376 g/mol. The van der Waals surface area contributed by atoms with Crippen molar-refractivity contribution in [3.05, 3.63) is 71.9 Å². The van der Waals surface area contributed by atoms with E-state index < -0.39 is 11.7 Å². The predicted molar refractivity (Wildman–Crippen MR) is 102 cm³/mol. The Morgan fingerprint density at radius 1 is 1.00 bits per heavy atom. The van der Waals surface area contributed by atoms with Gasteiger partial charge in [0.15, 0.2) is 5.65 Å². The summed E-state index contributed by atoms with van der Waals surface area (Å²) in [6.07, 6.45) is 3.38. The van der Waals surface area contributed by atoms with Crippen LogP contribution in [0.5, 0.6) is 0 Å². The van der Waals surface area contributed by atoms with Crippen LogP contribution in [0.25, 0.3) is 27.8 Å². The van der Waals surface area contributed by atoms with Crippen LogP contribution in [-0.2, 0) is 13.0 Å². The first-order valence-corrected chi connectivity index (χ1v) is 8.89. The van der Waals surface area contributed by atoms with Crippen LogP contribution in [0, 0.1) is 6.92 Å². The Balaban J connectivity index is 1.64. The Kier molecular flexibility index (Phi) is 3.67. The first kappa shape index (κ1) is 17.4. The van der Waals surface area contributed by atoms with E-state index in [1.807, 2.05) is 6.92 Å². The summed E-state index contributed by atoms with van der Waals surface area (Å²) in [7, 11) is 1.77. The first-order chi connectivity index (χ1) is 13.9. The number of hydrogen-bond acceptors (Lipinski definition) is 5. The van der Waals surface area contributed by atoms with Crippen molar-refractivity contribution in [3.63, 3.8) is 0 Å². The summed E-state index contributed by atoms with van der Waals surface area (Å²) in [4.78, 5) is 4.36. The monoisotopic (exact) mass is 391 g/mol. The second-order valence-corrected chi connectivity index (χ2v) is 6.85. The van der Waals surface area contributed by atoms with Crippen molar-refractivity contribution in [3.8, 4) is 11.3 Å². The lowest BCUT2D eigenvalue weighted by Crippen LogP contribution is -2.20. The molecule has 7 nitrogen and oxygen atoms in total. The largest absolute Gasteiger partial charge is 0.333 e. The van der Waals surface area contributed by atoms with Crippen molar-refractivity contribution in [2.75, 3.05) is 0 Å². The van der Waals surface area contributed by atoms with E-state index in [1.54, 1.807) is 54.5 Å². The lowest BCUT2D eigenvalue weighted by molar-refractivity contribution is 0.0307. The van der Waals surface area contributed by atoms with Crippen molar-refractivity contribution >= 4 is 16.6 Å². The van der Waals surface area contributed by atoms with Crippen molar-refractivity contribution in [2.45, 2.75) is 12.8 Å². The Bertz CT molecular complexity index is 1370. The van der Waals surface area contributed by atoms with E-state index in [0.717, 1.165) is 10.2 Å². The normalized spacial score (nSPS) is 12.1. The molecule has 5 aromatic rings. The van der Waals surface area contributed by atoms with Gasteiger partial charge < -0.3 is 0 Å². The van der Waals surface area contributed by atoms with Gasteiger partial charge in [-0.25, -0.2) is 0 Å². The van der Waals surface area contributed by atoms with Gasteiger partial charge in [-0.2, -0.15) is 23.5 Å². The van der Waals surface area contributed by atoms with Crippen LogP contribution in [0.1, 0.15) is 17.1 Å². The molecule has 0 radical (unpaired) electrons. The Morgan fingerprint density at radius 3 is 2.66 bits per heavy atom. The molecule has 0 aliphatic carbocycles. The first-order valence-electron chi connectivity index (χ1n) is 8.89. The summed E-state index contributed by atoms with van der Waals surface area (Å²) in [6, 6.07) is 11.2. The molecule has 4 aromatic heterocycles. The van der Waals surface area contributed by atoms with E-state index in [4.69, 9.17) is 0 Å². The molecule has 0 atom stereocenters. The van der Waals surface area contributed by atoms with Crippen molar-refractivity contribution in [1.82, 2.24) is 34.6 Å². The zero-order valence-electron chi connectivity index (χ0n) is 15.6. The van der Waals surface area contributed by atoms with Gasteiger partial charge in [-0.1, -0.05) is 12.1 Å². The van der Waals surface area contributed by atoms with Gasteiger partial charge in [-0.05, 0) is 37.3 Å². The molecule has 0 bridgehead atoms. The third-order valence-corrected chi connectivity index (χ3v) is 4.74. The number of aryl methyl sites for hydroxylation is 2. The Morgan fingerprint density at radius 2 is 1.86 bits per heavy atom. The van der Waals surface area contributed by atoms with E-state index in [9.17, 15) is 0 Å². The van der Waals surface area contributed by atoms with E-state index in [1.165, 1.54) is 12.1 Å². The van der Waals surface area contributed by atoms with E-state index in [0.29, 0.717) is 22.2 Å². The number of halogens is 2. The quantitative estimate of drug-likeness (QED) is 0.470. The highest BCUT2D eigenvalue weighted by Crippen LogP contribution is 2.36. The van der Waals surface area contributed by atoms with Gasteiger partial charge in [0.05, 0.1) is 17.4 Å². The highest BCUT2D eigenvalue weighted by molar-refractivity contribution is 5.79. The second-order valence-electron chi connectivity index (χ2n) is 6.85. The fraction of sp³-hybridized carbons (Fsp3) is 0.150. The molecular formula is C20H15F2N7. The van der Waals surface area contributed by atoms with Gasteiger partial charge in [0.2, 0.25) is 5.82 Å². The Hall–Kier alpha value is -3.75. The van der Waals surface area contributed by atoms with Crippen LogP contribution < -0.4 is 0 Å². The van der Waals surface area contributed by atoms with Crippen LogP contribution >= 0.6 is 0 Å². The molecule has 0 saturated carbocycles. The molecule has 0 fully saturated rings. The summed E-state index contributed by atoms with van der Waals surface area (Å²) in [5.41, 5.74) is 2.74. The summed E-state index contributed by atoms with van der Waals surface area (Å²) in [5, 5.41) is 16.7. The van der Waals surface area contributed by atoms with Gasteiger partial charge in [0.25, 0.3) is 0 Å². The minimum absolute atomic E-state index is 0.196. The van der Waals surface area contributed by atoms with Crippen LogP contribution in [0.2, 0.25) is 0 Å². The summed E-state index contributed by atoms with van der Waals surface area (Å²) < 4.78 is 33.5. The van der Waals surface area contributed by atoms with Crippen LogP contribution in [-0.4, -0.2) is 34.6 Å². The van der Waals surface area contributed by atoms with Crippen molar-refractivity contribution < 1.29 is 8.78 Å². The summed E-state index contributed by atoms with van der Waals surface area (Å²) >= 11 is 0. The molecule has 0 aliphatic rings. The number of rotatable bonds is 3. The minimum Gasteiger partial charge on any atom is -0.275 e. The fourth-order valence-corrected chi connectivity index (χ4v) is 3.24. The molecule has 144 valence electrons. The lowest BCUT2D eigenvalue weighted by Gasteiger charge is -2.15. The van der Waals surface area contributed by atoms with E-state index in [-0.39, 0.29) is 11.2 Å². The van der Waals surface area contributed by atoms with Crippen LogP contribution in [0.4, 0.5) is 8.78 Å². The van der Waals surface area contributed by atoms with Crippen LogP contribution in [0.3, 0.4) is 0 Å². The number of alkyl halides is 2. The number of benzene rings is 1. The average molecular weight is 391 g/mol. The standard InChI is InChI=1S/C20H15F2N7/c1-12-3-4-13-9-15(5-6-16(13)24-12)20(21,22)19-26-25-18-8-7-17(27-29(18)19)14-10-23-28(2)11-14/h3-11H,1-2H3. The molecule has 0 N–H and O–H groups in total. The molecule has 4 heterocycles. The molecule has 0 saturated heterocycles. The van der Waals surface area contributed by atoms with E-state index >= 15 is 8.78 Å². The number of pyridine rings is 1. The van der Waals surface area contributed by atoms with Crippen molar-refractivity contribution in [2.24, 2.45) is 7.05 Å². The van der Waals surface area contributed by atoms with Gasteiger partial charge >= 0.3 is 5.92 Å². The third-order valence-electron chi connectivity index (χ3n) is 4.74. The zero-order chi connectivity index (χ0) is 20.2. The number of nitrogens with zero attached hydrogens (tertiary/aromatic N) is 7. The maximum Gasteiger partial charge on any atom is 0.333 e. The summed E-state index contributed by atoms with van der Waals surface area (Å²) in [5.74, 6) is -3.93. The number of aromatic nitrogens is 7. The Labute approximate surface area is 163 Å². The highest BCUT2D eigenvalue weighted by Gasteiger charge is 2.40. The van der Waals surface area contributed by atoms with Crippen molar-refractivity contribution in [1.29, 1.82) is 0 Å². The molecule has 0 spiro atoms. The number of fused-ring (bicyclic) bond motifs is 2. The zero-order valence-corrected chi connectivity index (χ0v) is 15.6. The smallest absolute Gasteiger partial charge is 0.275 e. The number of hydrogen-bond donors (Lipinski definition) is 0. The third kappa shape index (κ3) is 2.82. The summed E-state index contributed by atoms with van der Waals surface area (Å²) in [6.45, 7) is 1.86. The van der Waals surface area contributed by atoms with Gasteiger partial charge in [-0.3, -0.25) is 9.67 Å². The molecule has 1 aromatic carbocycles. The fourth-order valence-electron chi connectivity index (χ4n) is 3.24. The maximum absolute atomic E-state index is 15.4. The maximum atomic E-state index is 15.4. The SMILES string of the molecule is Cc1ccc2cc(C(F)(F)c3nnc4ccc(-c5cnn(C)c5)nn34)ccc2n1. The average Bonchev–Trinajstić information content (AvgIpc) is 3.33. The highest BCUT2D eigenvalue weighted by atomic mass is 19.3. The molecule has 9 heteroatoms. The lowest BCUT2D eigenvalue weighted by atomic mass is 10.0. The second kappa shape index (κ2) is 6.13. The minimum atomic E-state index is -3.39. The topological polar surface area (TPSA) is 73.8 Å². The predicted octanol–water partition coefficient (Wildman–Crippen LogP) is 3.52. The van der Waals surface area contributed by atoms with Gasteiger partial charge in [0, 0.05) is 35.5 Å². The molecule has 0 amide bonds. The molecule has 0 aliphatic heterocycles. The molecule has 5 rings (SSSR count). The van der Waals surface area contributed by atoms with Gasteiger partial charge in [0.1, 0.15) is 0 Å².